The first-order valence-corrected chi connectivity index (χ1v) is 10.7. The summed E-state index contributed by atoms with van der Waals surface area (Å²) in [5.41, 5.74) is 3.14. The van der Waals surface area contributed by atoms with Gasteiger partial charge in [0.15, 0.2) is 0 Å². The van der Waals surface area contributed by atoms with Gasteiger partial charge in [0.05, 0.1) is 18.3 Å². The van der Waals surface area contributed by atoms with E-state index in [1.165, 1.54) is 5.56 Å². The smallest absolute Gasteiger partial charge is 0.220 e. The molecule has 0 aliphatic heterocycles. The zero-order chi connectivity index (χ0) is 21.7. The Kier molecular flexibility index (Phi) is 9.07. The van der Waals surface area contributed by atoms with E-state index in [1.54, 1.807) is 6.20 Å². The lowest BCUT2D eigenvalue weighted by atomic mass is 10.1. The van der Waals surface area contributed by atoms with Crippen LogP contribution in [-0.4, -0.2) is 24.1 Å². The maximum absolute atomic E-state index is 12.3. The van der Waals surface area contributed by atoms with E-state index in [-0.39, 0.29) is 11.9 Å². The lowest BCUT2D eigenvalue weighted by Gasteiger charge is -2.16. The van der Waals surface area contributed by atoms with E-state index < -0.39 is 0 Å². The van der Waals surface area contributed by atoms with Crippen LogP contribution in [0.2, 0.25) is 0 Å². The number of pyridine rings is 1. The number of hydrogen-bond acceptors (Lipinski definition) is 4. The molecular formula is C26H30N2O3. The number of carbonyl (C=O) groups excluding carboxylic acids is 1. The van der Waals surface area contributed by atoms with Gasteiger partial charge in [-0.3, -0.25) is 9.78 Å². The van der Waals surface area contributed by atoms with Crippen LogP contribution in [0.4, 0.5) is 0 Å². The van der Waals surface area contributed by atoms with Crippen LogP contribution < -0.4 is 10.1 Å². The molecule has 3 aromatic rings. The van der Waals surface area contributed by atoms with Crippen molar-refractivity contribution in [2.24, 2.45) is 0 Å². The Hall–Kier alpha value is -3.18. The molecule has 162 valence electrons. The fraction of sp³-hybridized carbons (Fsp3) is 0.308. The minimum Gasteiger partial charge on any atom is -0.487 e. The van der Waals surface area contributed by atoms with Crippen molar-refractivity contribution in [2.75, 3.05) is 13.2 Å². The molecule has 5 heteroatoms. The van der Waals surface area contributed by atoms with E-state index in [1.807, 2.05) is 67.6 Å². The average Bonchev–Trinajstić information content (AvgIpc) is 2.81. The van der Waals surface area contributed by atoms with Crippen molar-refractivity contribution in [2.45, 2.75) is 38.8 Å². The molecule has 1 atom stereocenters. The van der Waals surface area contributed by atoms with Gasteiger partial charge in [0.1, 0.15) is 12.4 Å². The van der Waals surface area contributed by atoms with Crippen molar-refractivity contribution in [1.82, 2.24) is 10.3 Å². The van der Waals surface area contributed by atoms with Crippen molar-refractivity contribution in [3.05, 3.63) is 95.8 Å². The molecule has 31 heavy (non-hydrogen) atoms. The van der Waals surface area contributed by atoms with E-state index in [4.69, 9.17) is 9.47 Å². The maximum Gasteiger partial charge on any atom is 0.220 e. The Bertz CT molecular complexity index is 916. The van der Waals surface area contributed by atoms with Gasteiger partial charge in [0.2, 0.25) is 5.91 Å². The molecule has 0 aliphatic rings. The van der Waals surface area contributed by atoms with E-state index in [0.29, 0.717) is 32.7 Å². The second-order valence-corrected chi connectivity index (χ2v) is 7.42. The van der Waals surface area contributed by atoms with Crippen LogP contribution in [0.3, 0.4) is 0 Å². The summed E-state index contributed by atoms with van der Waals surface area (Å²) in [6.07, 6.45) is 3.80. The Morgan fingerprint density at radius 2 is 1.84 bits per heavy atom. The number of amides is 1. The first-order chi connectivity index (χ1) is 15.2. The van der Waals surface area contributed by atoms with Crippen LogP contribution in [0, 0.1) is 0 Å². The van der Waals surface area contributed by atoms with Gasteiger partial charge in [0.25, 0.3) is 0 Å². The molecule has 0 spiro atoms. The minimum atomic E-state index is -0.0927. The van der Waals surface area contributed by atoms with Crippen LogP contribution in [0.15, 0.2) is 79.0 Å². The SMILES string of the molecule is CC(NC(=O)CCCOCCc1ccccc1)c1cccc(OCc2ccccn2)c1. The van der Waals surface area contributed by atoms with Crippen LogP contribution >= 0.6 is 0 Å². The van der Waals surface area contributed by atoms with Gasteiger partial charge < -0.3 is 14.8 Å². The molecule has 1 amide bonds. The molecule has 0 bridgehead atoms. The third-order valence-corrected chi connectivity index (χ3v) is 4.92. The van der Waals surface area contributed by atoms with Crippen LogP contribution in [0.1, 0.15) is 42.6 Å². The summed E-state index contributed by atoms with van der Waals surface area (Å²) in [4.78, 5) is 16.5. The number of hydrogen-bond donors (Lipinski definition) is 1. The Balaban J connectivity index is 1.34. The fourth-order valence-corrected chi connectivity index (χ4v) is 3.18. The fourth-order valence-electron chi connectivity index (χ4n) is 3.18. The predicted octanol–water partition coefficient (Wildman–Crippen LogP) is 4.88. The topological polar surface area (TPSA) is 60.5 Å². The van der Waals surface area contributed by atoms with E-state index in [9.17, 15) is 4.79 Å². The molecule has 0 saturated carbocycles. The molecular weight excluding hydrogens is 388 g/mol. The zero-order valence-corrected chi connectivity index (χ0v) is 18.0. The summed E-state index contributed by atoms with van der Waals surface area (Å²) < 4.78 is 11.5. The number of rotatable bonds is 12. The molecule has 1 heterocycles. The number of nitrogens with one attached hydrogen (secondary N) is 1. The van der Waals surface area contributed by atoms with Gasteiger partial charge in [-0.05, 0) is 55.2 Å². The third-order valence-electron chi connectivity index (χ3n) is 4.92. The molecule has 0 aliphatic carbocycles. The second kappa shape index (κ2) is 12.5. The van der Waals surface area contributed by atoms with Gasteiger partial charge >= 0.3 is 0 Å². The minimum absolute atomic E-state index is 0.0268. The third kappa shape index (κ3) is 8.22. The summed E-state index contributed by atoms with van der Waals surface area (Å²) in [7, 11) is 0. The van der Waals surface area contributed by atoms with Crippen molar-refractivity contribution in [3.63, 3.8) is 0 Å². The van der Waals surface area contributed by atoms with Crippen molar-refractivity contribution >= 4 is 5.91 Å². The molecule has 5 nitrogen and oxygen atoms in total. The number of nitrogens with zero attached hydrogens (tertiary/aromatic N) is 1. The Morgan fingerprint density at radius 1 is 1.00 bits per heavy atom. The highest BCUT2D eigenvalue weighted by Gasteiger charge is 2.10. The van der Waals surface area contributed by atoms with E-state index in [2.05, 4.69) is 22.4 Å². The Morgan fingerprint density at radius 3 is 2.65 bits per heavy atom. The van der Waals surface area contributed by atoms with Crippen molar-refractivity contribution < 1.29 is 14.3 Å². The lowest BCUT2D eigenvalue weighted by Crippen LogP contribution is -2.26. The molecule has 0 radical (unpaired) electrons. The number of benzene rings is 2. The second-order valence-electron chi connectivity index (χ2n) is 7.42. The molecule has 0 saturated heterocycles. The zero-order valence-electron chi connectivity index (χ0n) is 18.0. The van der Waals surface area contributed by atoms with E-state index in [0.717, 1.165) is 23.4 Å². The van der Waals surface area contributed by atoms with Gasteiger partial charge in [-0.15, -0.1) is 0 Å². The standard InChI is InChI=1S/C26H30N2O3/c1-21(23-11-7-13-25(19-23)31-20-24-12-5-6-16-27-24)28-26(29)14-8-17-30-18-15-22-9-3-2-4-10-22/h2-7,9-13,16,19,21H,8,14-15,17-18,20H2,1H3,(H,28,29). The Labute approximate surface area is 184 Å². The number of aromatic nitrogens is 1. The van der Waals surface area contributed by atoms with Gasteiger partial charge in [-0.25, -0.2) is 0 Å². The highest BCUT2D eigenvalue weighted by atomic mass is 16.5. The molecule has 0 fully saturated rings. The molecule has 2 aromatic carbocycles. The summed E-state index contributed by atoms with van der Waals surface area (Å²) in [5, 5.41) is 3.05. The number of carbonyl (C=O) groups is 1. The normalized spacial score (nSPS) is 11.6. The largest absolute Gasteiger partial charge is 0.487 e. The highest BCUT2D eigenvalue weighted by Crippen LogP contribution is 2.20. The maximum atomic E-state index is 12.3. The highest BCUT2D eigenvalue weighted by molar-refractivity contribution is 5.76. The molecule has 1 N–H and O–H groups in total. The first kappa shape index (κ1) is 22.5. The van der Waals surface area contributed by atoms with Crippen LogP contribution in [0.5, 0.6) is 5.75 Å². The van der Waals surface area contributed by atoms with Gasteiger partial charge in [0, 0.05) is 19.2 Å². The average molecular weight is 419 g/mol. The van der Waals surface area contributed by atoms with E-state index >= 15 is 0 Å². The van der Waals surface area contributed by atoms with Crippen LogP contribution in [0.25, 0.3) is 0 Å². The summed E-state index contributed by atoms with van der Waals surface area (Å²) >= 11 is 0. The lowest BCUT2D eigenvalue weighted by molar-refractivity contribution is -0.122. The predicted molar refractivity (Wildman–Crippen MR) is 122 cm³/mol. The quantitative estimate of drug-likeness (QED) is 0.426. The summed E-state index contributed by atoms with van der Waals surface area (Å²) in [6, 6.07) is 23.7. The van der Waals surface area contributed by atoms with Crippen molar-refractivity contribution in [1.29, 1.82) is 0 Å². The van der Waals surface area contributed by atoms with Gasteiger partial charge in [-0.1, -0.05) is 48.5 Å². The van der Waals surface area contributed by atoms with Crippen LogP contribution in [-0.2, 0) is 22.6 Å². The summed E-state index contributed by atoms with van der Waals surface area (Å²) in [5.74, 6) is 0.787. The number of ether oxygens (including phenoxy) is 2. The summed E-state index contributed by atoms with van der Waals surface area (Å²) in [6.45, 7) is 3.65. The molecule has 3 rings (SSSR count). The molecule has 1 unspecified atom stereocenters. The monoisotopic (exact) mass is 418 g/mol. The van der Waals surface area contributed by atoms with Crippen molar-refractivity contribution in [3.8, 4) is 5.75 Å². The molecule has 1 aromatic heterocycles. The van der Waals surface area contributed by atoms with Gasteiger partial charge in [-0.2, -0.15) is 0 Å². The first-order valence-electron chi connectivity index (χ1n) is 10.7.